The molecule has 0 aromatic heterocycles. The maximum atomic E-state index is 12.8. The first-order valence-electron chi connectivity index (χ1n) is 8.41. The van der Waals surface area contributed by atoms with Gasteiger partial charge in [0.05, 0.1) is 0 Å². The molecule has 3 rings (SSSR count). The Labute approximate surface area is 158 Å². The van der Waals surface area contributed by atoms with Gasteiger partial charge in [-0.3, -0.25) is 4.79 Å². The quantitative estimate of drug-likeness (QED) is 0.773. The van der Waals surface area contributed by atoms with Crippen LogP contribution in [-0.2, 0) is 14.9 Å². The van der Waals surface area contributed by atoms with E-state index in [1.54, 1.807) is 7.11 Å². The number of benzene rings is 1. The maximum absolute atomic E-state index is 12.8. The van der Waals surface area contributed by atoms with Gasteiger partial charge in [-0.05, 0) is 56.5 Å². The highest BCUT2D eigenvalue weighted by atomic mass is 79.9. The molecule has 2 fully saturated rings. The number of hydrogen-bond acceptors (Lipinski definition) is 3. The third-order valence-electron chi connectivity index (χ3n) is 5.57. The lowest BCUT2D eigenvalue weighted by Crippen LogP contribution is -2.56. The first kappa shape index (κ1) is 19.7. The third kappa shape index (κ3) is 3.79. The molecule has 134 valence electrons. The molecule has 1 aliphatic heterocycles. The number of amides is 1. The van der Waals surface area contributed by atoms with Crippen LogP contribution in [-0.4, -0.2) is 38.3 Å². The molecule has 6 heteroatoms. The minimum atomic E-state index is -0.657. The minimum Gasteiger partial charge on any atom is -0.368 e. The Bertz CT molecular complexity index is 555. The lowest BCUT2D eigenvalue weighted by molar-refractivity contribution is -0.147. The fourth-order valence-electron chi connectivity index (χ4n) is 3.74. The van der Waals surface area contributed by atoms with E-state index in [-0.39, 0.29) is 23.7 Å². The summed E-state index contributed by atoms with van der Waals surface area (Å²) in [6, 6.07) is 8.51. The molecule has 0 atom stereocenters. The van der Waals surface area contributed by atoms with Crippen LogP contribution in [0, 0.1) is 0 Å². The largest absolute Gasteiger partial charge is 0.368 e. The highest BCUT2D eigenvalue weighted by Crippen LogP contribution is 2.43. The Hall–Kier alpha value is -0.620. The molecule has 1 heterocycles. The summed E-state index contributed by atoms with van der Waals surface area (Å²) in [6.45, 7) is 2.37. The van der Waals surface area contributed by atoms with Crippen LogP contribution in [0.4, 0.5) is 0 Å². The molecule has 2 N–H and O–H groups in total. The van der Waals surface area contributed by atoms with Gasteiger partial charge in [-0.15, -0.1) is 12.4 Å². The van der Waals surface area contributed by atoms with Gasteiger partial charge < -0.3 is 15.4 Å². The van der Waals surface area contributed by atoms with E-state index in [2.05, 4.69) is 50.8 Å². The summed E-state index contributed by atoms with van der Waals surface area (Å²) in [4.78, 5) is 12.8. The van der Waals surface area contributed by atoms with Crippen LogP contribution in [0.1, 0.15) is 37.7 Å². The van der Waals surface area contributed by atoms with Crippen molar-refractivity contribution in [3.8, 4) is 0 Å². The third-order valence-corrected chi connectivity index (χ3v) is 6.10. The van der Waals surface area contributed by atoms with Crippen molar-refractivity contribution in [1.29, 1.82) is 0 Å². The van der Waals surface area contributed by atoms with Gasteiger partial charge in [-0.25, -0.2) is 0 Å². The first-order valence-corrected chi connectivity index (χ1v) is 9.20. The molecule has 4 nitrogen and oxygen atoms in total. The zero-order chi connectivity index (χ0) is 16.3. The maximum Gasteiger partial charge on any atom is 0.252 e. The molecule has 1 saturated carbocycles. The van der Waals surface area contributed by atoms with E-state index in [0.717, 1.165) is 43.2 Å². The van der Waals surface area contributed by atoms with E-state index in [0.29, 0.717) is 6.54 Å². The summed E-state index contributed by atoms with van der Waals surface area (Å²) < 4.78 is 6.71. The summed E-state index contributed by atoms with van der Waals surface area (Å²) in [5, 5.41) is 6.49. The van der Waals surface area contributed by atoms with Gasteiger partial charge in [0.2, 0.25) is 0 Å². The normalized spacial score (nSPS) is 21.2. The highest BCUT2D eigenvalue weighted by molar-refractivity contribution is 9.10. The van der Waals surface area contributed by atoms with Crippen molar-refractivity contribution in [2.24, 2.45) is 0 Å². The Morgan fingerprint density at radius 3 is 2.33 bits per heavy atom. The fraction of sp³-hybridized carbons (Fsp3) is 0.611. The summed E-state index contributed by atoms with van der Waals surface area (Å²) in [5.41, 5.74) is 0.762. The number of nitrogens with one attached hydrogen (secondary N) is 2. The van der Waals surface area contributed by atoms with Crippen molar-refractivity contribution in [3.63, 3.8) is 0 Å². The van der Waals surface area contributed by atoms with E-state index < -0.39 is 5.60 Å². The monoisotopic (exact) mass is 416 g/mol. The Kier molecular flexibility index (Phi) is 6.71. The SMILES string of the molecule is COC1(C(=O)NCC2(c3ccc(Br)cc3)CCC2)CCNCC1.Cl. The number of piperidine rings is 1. The lowest BCUT2D eigenvalue weighted by Gasteiger charge is -2.44. The van der Waals surface area contributed by atoms with Gasteiger partial charge in [0.1, 0.15) is 5.60 Å². The molecular formula is C18H26BrClN2O2. The smallest absolute Gasteiger partial charge is 0.252 e. The molecule has 0 radical (unpaired) electrons. The van der Waals surface area contributed by atoms with Crippen molar-refractivity contribution in [2.45, 2.75) is 43.1 Å². The van der Waals surface area contributed by atoms with E-state index in [1.807, 2.05) is 0 Å². The lowest BCUT2D eigenvalue weighted by atomic mass is 9.64. The standard InChI is InChI=1S/C18H25BrN2O2.ClH/c1-23-18(9-11-20-12-10-18)16(22)21-13-17(7-2-8-17)14-3-5-15(19)6-4-14;/h3-6,20H,2,7-13H2,1H3,(H,21,22);1H. The second-order valence-electron chi connectivity index (χ2n) is 6.77. The average molecular weight is 418 g/mol. The van der Waals surface area contributed by atoms with Crippen molar-refractivity contribution < 1.29 is 9.53 Å². The molecule has 1 amide bonds. The highest BCUT2D eigenvalue weighted by Gasteiger charge is 2.43. The van der Waals surface area contributed by atoms with Gasteiger partial charge >= 0.3 is 0 Å². The number of rotatable bonds is 5. The molecule has 0 unspecified atom stereocenters. The van der Waals surface area contributed by atoms with Crippen molar-refractivity contribution in [3.05, 3.63) is 34.3 Å². The number of ether oxygens (including phenoxy) is 1. The molecule has 1 aromatic rings. The van der Waals surface area contributed by atoms with Crippen LogP contribution in [0.2, 0.25) is 0 Å². The second-order valence-corrected chi connectivity index (χ2v) is 7.69. The Balaban J connectivity index is 0.00000208. The molecule has 1 saturated heterocycles. The number of halogens is 2. The summed E-state index contributed by atoms with van der Waals surface area (Å²) in [7, 11) is 1.65. The first-order chi connectivity index (χ1) is 11.1. The van der Waals surface area contributed by atoms with Crippen LogP contribution in [0.5, 0.6) is 0 Å². The van der Waals surface area contributed by atoms with Crippen LogP contribution in [0.25, 0.3) is 0 Å². The molecular weight excluding hydrogens is 392 g/mol. The summed E-state index contributed by atoms with van der Waals surface area (Å²) in [6.07, 6.45) is 4.97. The van der Waals surface area contributed by atoms with Crippen LogP contribution in [0.3, 0.4) is 0 Å². The Morgan fingerprint density at radius 1 is 1.21 bits per heavy atom. The van der Waals surface area contributed by atoms with Crippen molar-refractivity contribution in [2.75, 3.05) is 26.7 Å². The summed E-state index contributed by atoms with van der Waals surface area (Å²) in [5.74, 6) is 0.0462. The topological polar surface area (TPSA) is 50.4 Å². The van der Waals surface area contributed by atoms with Crippen LogP contribution in [0.15, 0.2) is 28.7 Å². The molecule has 24 heavy (non-hydrogen) atoms. The average Bonchev–Trinajstić information content (AvgIpc) is 2.55. The molecule has 1 aliphatic carbocycles. The number of carbonyl (C=O) groups is 1. The van der Waals surface area contributed by atoms with E-state index in [1.165, 1.54) is 12.0 Å². The predicted molar refractivity (Wildman–Crippen MR) is 102 cm³/mol. The van der Waals surface area contributed by atoms with Crippen molar-refractivity contribution in [1.82, 2.24) is 10.6 Å². The van der Waals surface area contributed by atoms with Gasteiger partial charge in [0.15, 0.2) is 0 Å². The Morgan fingerprint density at radius 2 is 1.83 bits per heavy atom. The number of hydrogen-bond donors (Lipinski definition) is 2. The van der Waals surface area contributed by atoms with E-state index in [9.17, 15) is 4.79 Å². The van der Waals surface area contributed by atoms with Gasteiger partial charge in [0, 0.05) is 23.5 Å². The van der Waals surface area contributed by atoms with Crippen LogP contribution >= 0.6 is 28.3 Å². The molecule has 2 aliphatic rings. The second kappa shape index (κ2) is 8.17. The van der Waals surface area contributed by atoms with Crippen LogP contribution < -0.4 is 10.6 Å². The number of methoxy groups -OCH3 is 1. The van der Waals surface area contributed by atoms with Gasteiger partial charge in [0.25, 0.3) is 5.91 Å². The number of carbonyl (C=O) groups excluding carboxylic acids is 1. The van der Waals surface area contributed by atoms with Crippen molar-refractivity contribution >= 4 is 34.2 Å². The predicted octanol–water partition coefficient (Wildman–Crippen LogP) is 3.18. The fourth-order valence-corrected chi connectivity index (χ4v) is 4.00. The van der Waals surface area contributed by atoms with E-state index in [4.69, 9.17) is 4.74 Å². The zero-order valence-corrected chi connectivity index (χ0v) is 16.5. The minimum absolute atomic E-state index is 0. The van der Waals surface area contributed by atoms with Gasteiger partial charge in [-0.2, -0.15) is 0 Å². The van der Waals surface area contributed by atoms with Gasteiger partial charge in [-0.1, -0.05) is 34.5 Å². The molecule has 0 spiro atoms. The zero-order valence-electron chi connectivity index (χ0n) is 14.1. The summed E-state index contributed by atoms with van der Waals surface area (Å²) >= 11 is 3.49. The molecule has 1 aromatic carbocycles. The van der Waals surface area contributed by atoms with E-state index >= 15 is 0 Å². The molecule has 0 bridgehead atoms.